The Morgan fingerprint density at radius 1 is 0.919 bits per heavy atom. The minimum absolute atomic E-state index is 0.176. The number of para-hydroxylation sites is 1. The molecule has 0 unspecified atom stereocenters. The van der Waals surface area contributed by atoms with Crippen molar-refractivity contribution in [2.24, 2.45) is 0 Å². The van der Waals surface area contributed by atoms with Crippen molar-refractivity contribution in [2.75, 3.05) is 6.61 Å². The molecule has 0 saturated heterocycles. The maximum absolute atomic E-state index is 12.3. The van der Waals surface area contributed by atoms with Gasteiger partial charge in [-0.05, 0) is 65.2 Å². The van der Waals surface area contributed by atoms with Crippen molar-refractivity contribution in [2.45, 2.75) is 105 Å². The Morgan fingerprint density at radius 2 is 1.54 bits per heavy atom. The quantitative estimate of drug-likeness (QED) is 0.187. The zero-order valence-electron chi connectivity index (χ0n) is 24.6. The minimum atomic E-state index is -2.05. The largest absolute Gasteiger partial charge is 0.542 e. The Kier molecular flexibility index (Phi) is 9.33. The van der Waals surface area contributed by atoms with Gasteiger partial charge < -0.3 is 13.7 Å². The minimum Gasteiger partial charge on any atom is -0.542 e. The van der Waals surface area contributed by atoms with Gasteiger partial charge in [-0.25, -0.2) is 0 Å². The number of ether oxygens (including phenoxy) is 1. The van der Waals surface area contributed by atoms with Crippen molar-refractivity contribution in [3.8, 4) is 5.75 Å². The summed E-state index contributed by atoms with van der Waals surface area (Å²) in [7, 11) is -2.05. The number of nitrogens with zero attached hydrogens (tertiary/aromatic N) is 1. The van der Waals surface area contributed by atoms with Crippen LogP contribution in [-0.2, 0) is 22.5 Å². The highest BCUT2D eigenvalue weighted by Gasteiger charge is 2.47. The van der Waals surface area contributed by atoms with Gasteiger partial charge in [0.05, 0.1) is 13.0 Å². The van der Waals surface area contributed by atoms with E-state index in [1.165, 1.54) is 11.1 Å². The molecule has 1 heterocycles. The fraction of sp³-hybridized carbons (Fsp3) is 0.531. The molecule has 1 aromatic heterocycles. The molecule has 5 heteroatoms. The van der Waals surface area contributed by atoms with Crippen LogP contribution in [0, 0.1) is 6.92 Å². The van der Waals surface area contributed by atoms with E-state index in [1.54, 1.807) is 0 Å². The molecule has 0 aliphatic rings. The summed E-state index contributed by atoms with van der Waals surface area (Å²) in [5.41, 5.74) is 7.42. The Balaban J connectivity index is 2.04. The smallest absolute Gasteiger partial charge is 0.310 e. The fourth-order valence-electron chi connectivity index (χ4n) is 6.25. The average molecular weight is 522 g/mol. The highest BCUT2D eigenvalue weighted by atomic mass is 28.4. The Hall–Kier alpha value is -2.53. The zero-order valence-corrected chi connectivity index (χ0v) is 25.6. The first-order valence-electron chi connectivity index (χ1n) is 14.0. The molecule has 3 aromatic rings. The van der Waals surface area contributed by atoms with Gasteiger partial charge in [0.2, 0.25) is 0 Å². The van der Waals surface area contributed by atoms with Gasteiger partial charge in [0.25, 0.3) is 8.32 Å². The Bertz CT molecular complexity index is 1200. The van der Waals surface area contributed by atoms with Crippen LogP contribution in [0.2, 0.25) is 16.6 Å². The van der Waals surface area contributed by atoms with Crippen LogP contribution >= 0.6 is 0 Å². The van der Waals surface area contributed by atoms with Gasteiger partial charge in [-0.3, -0.25) is 4.79 Å². The summed E-state index contributed by atoms with van der Waals surface area (Å²) in [6.07, 6.45) is 0.295. The fourth-order valence-corrected chi connectivity index (χ4v) is 11.5. The van der Waals surface area contributed by atoms with Crippen molar-refractivity contribution in [1.82, 2.24) is 4.57 Å². The van der Waals surface area contributed by atoms with E-state index in [1.807, 2.05) is 13.0 Å². The molecule has 0 aliphatic heterocycles. The van der Waals surface area contributed by atoms with Crippen LogP contribution in [0.25, 0.3) is 10.9 Å². The zero-order chi connectivity index (χ0) is 27.5. The number of carbonyl (C=O) groups excluding carboxylic acids is 1. The van der Waals surface area contributed by atoms with Crippen LogP contribution in [0.5, 0.6) is 5.75 Å². The van der Waals surface area contributed by atoms with Gasteiger partial charge in [-0.1, -0.05) is 85.7 Å². The van der Waals surface area contributed by atoms with Crippen LogP contribution in [0.3, 0.4) is 0 Å². The first-order chi connectivity index (χ1) is 17.4. The van der Waals surface area contributed by atoms with Gasteiger partial charge >= 0.3 is 5.97 Å². The SMILES string of the molecule is CCOC(=O)Cc1c(C)n(Cc2ccc(O[Si](C(C)C)(C(C)C)C(C)C)c(C(C)C)c2)c2ccccc12. The Labute approximate surface area is 225 Å². The van der Waals surface area contributed by atoms with E-state index in [4.69, 9.17) is 9.16 Å². The summed E-state index contributed by atoms with van der Waals surface area (Å²) in [5.74, 6) is 1.24. The summed E-state index contributed by atoms with van der Waals surface area (Å²) < 4.78 is 14.7. The molecule has 0 aliphatic carbocycles. The molecule has 0 fully saturated rings. The number of carbonyl (C=O) groups is 1. The normalized spacial score (nSPS) is 12.4. The molecule has 37 heavy (non-hydrogen) atoms. The molecule has 4 nitrogen and oxygen atoms in total. The average Bonchev–Trinajstić information content (AvgIpc) is 3.08. The van der Waals surface area contributed by atoms with Gasteiger partial charge in [0.15, 0.2) is 0 Å². The Morgan fingerprint density at radius 3 is 2.11 bits per heavy atom. The van der Waals surface area contributed by atoms with E-state index in [0.717, 1.165) is 34.5 Å². The number of rotatable bonds is 11. The first kappa shape index (κ1) is 29.0. The maximum Gasteiger partial charge on any atom is 0.310 e. The van der Waals surface area contributed by atoms with Crippen LogP contribution in [0.1, 0.15) is 90.6 Å². The third-order valence-electron chi connectivity index (χ3n) is 8.02. The van der Waals surface area contributed by atoms with E-state index >= 15 is 0 Å². The number of hydrogen-bond acceptors (Lipinski definition) is 3. The molecule has 0 spiro atoms. The van der Waals surface area contributed by atoms with E-state index in [0.29, 0.717) is 35.6 Å². The second kappa shape index (κ2) is 11.9. The van der Waals surface area contributed by atoms with Gasteiger partial charge in [0.1, 0.15) is 5.75 Å². The topological polar surface area (TPSA) is 40.5 Å². The van der Waals surface area contributed by atoms with Crippen molar-refractivity contribution in [3.05, 3.63) is 64.8 Å². The highest BCUT2D eigenvalue weighted by Crippen LogP contribution is 2.44. The third-order valence-corrected chi connectivity index (χ3v) is 14.0. The molecule has 0 saturated carbocycles. The van der Waals surface area contributed by atoms with Crippen LogP contribution in [0.4, 0.5) is 0 Å². The molecule has 0 N–H and O–H groups in total. The number of aromatic nitrogens is 1. The molecule has 3 rings (SSSR count). The molecule has 0 amide bonds. The maximum atomic E-state index is 12.3. The van der Waals surface area contributed by atoms with Crippen LogP contribution in [-0.4, -0.2) is 25.5 Å². The molecular formula is C32H47NO3Si. The molecule has 202 valence electrons. The van der Waals surface area contributed by atoms with Crippen LogP contribution < -0.4 is 4.43 Å². The van der Waals surface area contributed by atoms with E-state index in [-0.39, 0.29) is 5.97 Å². The second-order valence-electron chi connectivity index (χ2n) is 11.6. The lowest BCUT2D eigenvalue weighted by atomic mass is 9.99. The summed E-state index contributed by atoms with van der Waals surface area (Å²) >= 11 is 0. The molecule has 0 radical (unpaired) electrons. The predicted molar refractivity (Wildman–Crippen MR) is 158 cm³/mol. The van der Waals surface area contributed by atoms with E-state index in [2.05, 4.69) is 103 Å². The van der Waals surface area contributed by atoms with Crippen molar-refractivity contribution >= 4 is 25.2 Å². The molecular weight excluding hydrogens is 474 g/mol. The van der Waals surface area contributed by atoms with Gasteiger partial charge in [-0.15, -0.1) is 0 Å². The summed E-state index contributed by atoms with van der Waals surface area (Å²) in [6.45, 7) is 23.6. The third kappa shape index (κ3) is 5.82. The lowest BCUT2D eigenvalue weighted by molar-refractivity contribution is -0.142. The van der Waals surface area contributed by atoms with Gasteiger partial charge in [-0.2, -0.15) is 0 Å². The second-order valence-corrected chi connectivity index (χ2v) is 17.0. The number of benzene rings is 2. The van der Waals surface area contributed by atoms with Crippen molar-refractivity contribution in [1.29, 1.82) is 0 Å². The molecule has 2 aromatic carbocycles. The number of esters is 1. The summed E-state index contributed by atoms with van der Waals surface area (Å²) in [6, 6.07) is 15.1. The highest BCUT2D eigenvalue weighted by molar-refractivity contribution is 6.78. The lowest BCUT2D eigenvalue weighted by Crippen LogP contribution is -2.50. The monoisotopic (exact) mass is 521 g/mol. The summed E-state index contributed by atoms with van der Waals surface area (Å²) in [4.78, 5) is 12.3. The summed E-state index contributed by atoms with van der Waals surface area (Å²) in [5, 5.41) is 1.12. The number of fused-ring (bicyclic) bond motifs is 1. The lowest BCUT2D eigenvalue weighted by Gasteiger charge is -2.43. The number of hydrogen-bond donors (Lipinski definition) is 0. The van der Waals surface area contributed by atoms with Crippen LogP contribution in [0.15, 0.2) is 42.5 Å². The predicted octanol–water partition coefficient (Wildman–Crippen LogP) is 8.78. The van der Waals surface area contributed by atoms with Crippen molar-refractivity contribution < 1.29 is 14.0 Å². The molecule has 0 atom stereocenters. The standard InChI is InChI=1S/C32H47NO3Si/c1-11-35-32(34)19-29-25(10)33(30-15-13-12-14-27(29)30)20-26-16-17-31(28(18-26)21(2)3)36-37(22(4)5,23(6)7)24(8)9/h12-18,21-24H,11,19-20H2,1-10H3. The van der Waals surface area contributed by atoms with Gasteiger partial charge in [0, 0.05) is 23.1 Å². The van der Waals surface area contributed by atoms with E-state index < -0.39 is 8.32 Å². The van der Waals surface area contributed by atoms with E-state index in [9.17, 15) is 4.79 Å². The molecule has 0 bridgehead atoms. The van der Waals surface area contributed by atoms with Crippen molar-refractivity contribution in [3.63, 3.8) is 0 Å². The first-order valence-corrected chi connectivity index (χ1v) is 16.1.